The lowest BCUT2D eigenvalue weighted by molar-refractivity contribution is -0.137. The van der Waals surface area contributed by atoms with Crippen LogP contribution in [0, 0.1) is 6.92 Å². The average molecular weight is 499 g/mol. The zero-order valence-corrected chi connectivity index (χ0v) is 18.8. The SMILES string of the molecule is Cc1cc(-c2ccc(C(F)(F)F)cc2)cn2c(-c3nc(-c4cccc(S(N)(=O)=O)c4)no3)cnc12. The number of pyridine rings is 1. The summed E-state index contributed by atoms with van der Waals surface area (Å²) in [4.78, 5) is 8.67. The van der Waals surface area contributed by atoms with E-state index in [0.717, 1.165) is 17.7 Å². The lowest BCUT2D eigenvalue weighted by Crippen LogP contribution is -2.11. The smallest absolute Gasteiger partial charge is 0.332 e. The van der Waals surface area contributed by atoms with Gasteiger partial charge in [-0.15, -0.1) is 0 Å². The molecule has 2 aromatic carbocycles. The quantitative estimate of drug-likeness (QED) is 0.383. The minimum Gasteiger partial charge on any atom is -0.332 e. The predicted octanol–water partition coefficient (Wildman–Crippen LogP) is 4.69. The number of hydrogen-bond acceptors (Lipinski definition) is 6. The lowest BCUT2D eigenvalue weighted by atomic mass is 10.0. The maximum Gasteiger partial charge on any atom is 0.416 e. The van der Waals surface area contributed by atoms with Gasteiger partial charge in [0.1, 0.15) is 11.3 Å². The van der Waals surface area contributed by atoms with E-state index in [1.165, 1.54) is 36.5 Å². The highest BCUT2D eigenvalue weighted by atomic mass is 32.2. The molecule has 0 bridgehead atoms. The van der Waals surface area contributed by atoms with Gasteiger partial charge in [0, 0.05) is 11.8 Å². The molecule has 0 unspecified atom stereocenters. The minimum absolute atomic E-state index is 0.0899. The van der Waals surface area contributed by atoms with E-state index in [2.05, 4.69) is 15.1 Å². The number of rotatable bonds is 4. The van der Waals surface area contributed by atoms with Crippen molar-refractivity contribution in [2.45, 2.75) is 18.0 Å². The Morgan fingerprint density at radius 1 is 1.00 bits per heavy atom. The van der Waals surface area contributed by atoms with E-state index >= 15 is 0 Å². The number of nitrogens with zero attached hydrogens (tertiary/aromatic N) is 4. The molecule has 35 heavy (non-hydrogen) atoms. The van der Waals surface area contributed by atoms with Crippen molar-refractivity contribution in [3.8, 4) is 34.1 Å². The fraction of sp³-hybridized carbons (Fsp3) is 0.0870. The van der Waals surface area contributed by atoms with Crippen molar-refractivity contribution in [3.63, 3.8) is 0 Å². The van der Waals surface area contributed by atoms with Crippen LogP contribution < -0.4 is 5.14 Å². The summed E-state index contributed by atoms with van der Waals surface area (Å²) in [6.45, 7) is 1.83. The number of alkyl halides is 3. The number of halogens is 3. The molecule has 0 fully saturated rings. The van der Waals surface area contributed by atoms with Crippen molar-refractivity contribution in [2.24, 2.45) is 5.14 Å². The van der Waals surface area contributed by atoms with Crippen molar-refractivity contribution >= 4 is 15.7 Å². The lowest BCUT2D eigenvalue weighted by Gasteiger charge is -2.09. The van der Waals surface area contributed by atoms with Gasteiger partial charge in [-0.3, -0.25) is 4.40 Å². The van der Waals surface area contributed by atoms with Gasteiger partial charge in [-0.2, -0.15) is 18.2 Å². The van der Waals surface area contributed by atoms with Crippen molar-refractivity contribution in [3.05, 3.63) is 78.1 Å². The fourth-order valence-corrected chi connectivity index (χ4v) is 4.24. The number of nitrogens with two attached hydrogens (primary N) is 1. The Morgan fingerprint density at radius 3 is 2.43 bits per heavy atom. The molecule has 8 nitrogen and oxygen atoms in total. The van der Waals surface area contributed by atoms with Crippen LogP contribution in [0.2, 0.25) is 0 Å². The number of benzene rings is 2. The zero-order valence-electron chi connectivity index (χ0n) is 18.0. The molecule has 0 saturated carbocycles. The number of aryl methyl sites for hydroxylation is 1. The van der Waals surface area contributed by atoms with E-state index in [4.69, 9.17) is 9.66 Å². The molecule has 5 rings (SSSR count). The van der Waals surface area contributed by atoms with Gasteiger partial charge in [0.05, 0.1) is 16.7 Å². The summed E-state index contributed by atoms with van der Waals surface area (Å²) < 4.78 is 69.2. The topological polar surface area (TPSA) is 116 Å². The molecule has 0 saturated heterocycles. The average Bonchev–Trinajstić information content (AvgIpc) is 3.45. The zero-order chi connectivity index (χ0) is 25.0. The molecule has 0 spiro atoms. The van der Waals surface area contributed by atoms with Gasteiger partial charge < -0.3 is 4.52 Å². The Balaban J connectivity index is 1.56. The van der Waals surface area contributed by atoms with Crippen LogP contribution in [0.1, 0.15) is 11.1 Å². The summed E-state index contributed by atoms with van der Waals surface area (Å²) in [6, 6.07) is 12.5. The number of aromatic nitrogens is 4. The summed E-state index contributed by atoms with van der Waals surface area (Å²) in [5.41, 5.74) is 2.77. The van der Waals surface area contributed by atoms with Crippen molar-refractivity contribution < 1.29 is 26.1 Å². The number of hydrogen-bond donors (Lipinski definition) is 1. The van der Waals surface area contributed by atoms with Crippen LogP contribution in [-0.2, 0) is 16.2 Å². The molecule has 5 aromatic rings. The summed E-state index contributed by atoms with van der Waals surface area (Å²) in [7, 11) is -3.91. The molecule has 0 atom stereocenters. The Hall–Kier alpha value is -4.03. The van der Waals surface area contributed by atoms with E-state index in [9.17, 15) is 21.6 Å². The molecular formula is C23H16F3N5O3S. The first-order valence-corrected chi connectivity index (χ1v) is 11.7. The maximum absolute atomic E-state index is 12.9. The summed E-state index contributed by atoms with van der Waals surface area (Å²) >= 11 is 0. The molecule has 178 valence electrons. The van der Waals surface area contributed by atoms with Gasteiger partial charge in [-0.25, -0.2) is 18.5 Å². The van der Waals surface area contributed by atoms with Crippen LogP contribution in [0.3, 0.4) is 0 Å². The number of sulfonamides is 1. The molecule has 0 amide bonds. The molecular weight excluding hydrogens is 483 g/mol. The first-order valence-electron chi connectivity index (χ1n) is 10.1. The van der Waals surface area contributed by atoms with Crippen LogP contribution in [-0.4, -0.2) is 27.9 Å². The number of fused-ring (bicyclic) bond motifs is 1. The van der Waals surface area contributed by atoms with Gasteiger partial charge in [0.25, 0.3) is 5.89 Å². The van der Waals surface area contributed by atoms with Crippen LogP contribution in [0.15, 0.2) is 76.4 Å². The van der Waals surface area contributed by atoms with E-state index in [1.807, 2.05) is 13.0 Å². The molecule has 0 aliphatic carbocycles. The van der Waals surface area contributed by atoms with Crippen LogP contribution in [0.4, 0.5) is 13.2 Å². The van der Waals surface area contributed by atoms with Crippen LogP contribution in [0.25, 0.3) is 39.7 Å². The first-order chi connectivity index (χ1) is 16.5. The Labute approximate surface area is 196 Å². The largest absolute Gasteiger partial charge is 0.416 e. The van der Waals surface area contributed by atoms with Gasteiger partial charge in [0.2, 0.25) is 15.8 Å². The maximum atomic E-state index is 12.9. The highest BCUT2D eigenvalue weighted by Gasteiger charge is 2.30. The van der Waals surface area contributed by atoms with Crippen molar-refractivity contribution in [1.29, 1.82) is 0 Å². The monoisotopic (exact) mass is 499 g/mol. The normalized spacial score (nSPS) is 12.4. The highest BCUT2D eigenvalue weighted by Crippen LogP contribution is 2.32. The molecule has 12 heteroatoms. The molecule has 3 heterocycles. The minimum atomic E-state index is -4.42. The Morgan fingerprint density at radius 2 is 1.74 bits per heavy atom. The van der Waals surface area contributed by atoms with Gasteiger partial charge in [-0.05, 0) is 53.9 Å². The highest BCUT2D eigenvalue weighted by molar-refractivity contribution is 7.89. The molecule has 0 aliphatic rings. The van der Waals surface area contributed by atoms with Crippen molar-refractivity contribution in [2.75, 3.05) is 0 Å². The second-order valence-electron chi connectivity index (χ2n) is 7.82. The second-order valence-corrected chi connectivity index (χ2v) is 9.38. The molecule has 0 aliphatic heterocycles. The van der Waals surface area contributed by atoms with E-state index in [0.29, 0.717) is 28.0 Å². The molecule has 0 radical (unpaired) electrons. The van der Waals surface area contributed by atoms with Crippen LogP contribution >= 0.6 is 0 Å². The van der Waals surface area contributed by atoms with Gasteiger partial charge in [-0.1, -0.05) is 29.4 Å². The van der Waals surface area contributed by atoms with Gasteiger partial charge in [0.15, 0.2) is 0 Å². The Bertz CT molecular complexity index is 1670. The third kappa shape index (κ3) is 4.29. The predicted molar refractivity (Wildman–Crippen MR) is 120 cm³/mol. The number of primary sulfonamides is 1. The molecule has 2 N–H and O–H groups in total. The standard InChI is InChI=1S/C23H16F3N5O3S/c1-13-9-16(14-5-7-17(8-6-14)23(24,25)26)12-31-19(11-28-21(13)31)22-29-20(30-34-22)15-3-2-4-18(10-15)35(27,32)33/h2-12H,1H3,(H2,27,32,33). The second kappa shape index (κ2) is 8.03. The molecule has 3 aromatic heterocycles. The third-order valence-electron chi connectivity index (χ3n) is 5.40. The summed E-state index contributed by atoms with van der Waals surface area (Å²) in [6.07, 6.45) is -1.16. The van der Waals surface area contributed by atoms with E-state index in [1.54, 1.807) is 16.7 Å². The third-order valence-corrected chi connectivity index (χ3v) is 6.31. The van der Waals surface area contributed by atoms with E-state index in [-0.39, 0.29) is 16.6 Å². The summed E-state index contributed by atoms with van der Waals surface area (Å²) in [5.74, 6) is 0.272. The summed E-state index contributed by atoms with van der Waals surface area (Å²) in [5, 5.41) is 9.13. The number of imidazole rings is 1. The fourth-order valence-electron chi connectivity index (χ4n) is 3.68. The van der Waals surface area contributed by atoms with Gasteiger partial charge >= 0.3 is 6.18 Å². The van der Waals surface area contributed by atoms with Crippen molar-refractivity contribution in [1.82, 2.24) is 19.5 Å². The van der Waals surface area contributed by atoms with Crippen LogP contribution in [0.5, 0.6) is 0 Å². The Kier molecular flexibility index (Phi) is 5.22. The van der Waals surface area contributed by atoms with E-state index < -0.39 is 21.8 Å². The first kappa shape index (κ1) is 22.7.